The summed E-state index contributed by atoms with van der Waals surface area (Å²) in [6.07, 6.45) is -0.829. The monoisotopic (exact) mass is 407 g/mol. The molecule has 126 valence electrons. The molecule has 1 N–H and O–H groups in total. The van der Waals surface area contributed by atoms with Gasteiger partial charge in [-0.2, -0.15) is 0 Å². The summed E-state index contributed by atoms with van der Waals surface area (Å²) < 4.78 is 41.7. The number of carbonyl (C=O) groups excluding carboxylic acids is 2. The molecule has 0 aromatic heterocycles. The second-order valence-electron chi connectivity index (χ2n) is 5.28. The first-order valence-electron chi connectivity index (χ1n) is 6.85. The van der Waals surface area contributed by atoms with Crippen molar-refractivity contribution in [3.05, 3.63) is 34.1 Å². The fraction of sp³-hybridized carbons (Fsp3) is 0.429. The number of nitrogens with one attached hydrogen (secondary N) is 1. The van der Waals surface area contributed by atoms with Gasteiger partial charge in [0.05, 0.1) is 17.1 Å². The van der Waals surface area contributed by atoms with Gasteiger partial charge in [-0.3, -0.25) is 4.79 Å². The summed E-state index contributed by atoms with van der Waals surface area (Å²) in [6, 6.07) is 3.35. The summed E-state index contributed by atoms with van der Waals surface area (Å²) in [4.78, 5) is 23.8. The zero-order chi connectivity index (χ0) is 17.2. The molecule has 2 rings (SSSR count). The third-order valence-electron chi connectivity index (χ3n) is 3.38. The topological polar surface area (TPSA) is 89.5 Å². The lowest BCUT2D eigenvalue weighted by molar-refractivity contribution is -0.129. The Hall–Kier alpha value is -1.48. The van der Waals surface area contributed by atoms with Crippen molar-refractivity contribution in [2.24, 2.45) is 0 Å². The molecule has 6 nitrogen and oxygen atoms in total. The zero-order valence-electron chi connectivity index (χ0n) is 12.2. The van der Waals surface area contributed by atoms with Gasteiger partial charge < -0.3 is 10.1 Å². The van der Waals surface area contributed by atoms with Gasteiger partial charge >= 0.3 is 5.97 Å². The van der Waals surface area contributed by atoms with E-state index in [0.29, 0.717) is 10.9 Å². The van der Waals surface area contributed by atoms with Gasteiger partial charge in [-0.1, -0.05) is 15.9 Å². The van der Waals surface area contributed by atoms with Crippen molar-refractivity contribution in [3.63, 3.8) is 0 Å². The van der Waals surface area contributed by atoms with Crippen LogP contribution in [0.15, 0.2) is 22.7 Å². The largest absolute Gasteiger partial charge is 0.449 e. The number of rotatable bonds is 4. The molecule has 1 aliphatic rings. The van der Waals surface area contributed by atoms with Crippen LogP contribution < -0.4 is 5.32 Å². The minimum absolute atomic E-state index is 0.0240. The Kier molecular flexibility index (Phi) is 5.41. The number of sulfone groups is 1. The first-order chi connectivity index (χ1) is 10.7. The van der Waals surface area contributed by atoms with E-state index >= 15 is 0 Å². The number of hydrogen-bond donors (Lipinski definition) is 1. The Bertz CT molecular complexity index is 737. The van der Waals surface area contributed by atoms with Crippen LogP contribution in [0, 0.1) is 5.82 Å². The highest BCUT2D eigenvalue weighted by Gasteiger charge is 2.31. The highest BCUT2D eigenvalue weighted by Crippen LogP contribution is 2.17. The molecule has 1 heterocycles. The van der Waals surface area contributed by atoms with Gasteiger partial charge in [-0.25, -0.2) is 17.6 Å². The lowest BCUT2D eigenvalue weighted by atomic mass is 10.2. The Morgan fingerprint density at radius 3 is 2.70 bits per heavy atom. The van der Waals surface area contributed by atoms with Crippen molar-refractivity contribution >= 4 is 37.6 Å². The maximum Gasteiger partial charge on any atom is 0.341 e. The number of hydrogen-bond acceptors (Lipinski definition) is 5. The molecule has 0 bridgehead atoms. The molecule has 1 aromatic carbocycles. The van der Waals surface area contributed by atoms with E-state index in [1.807, 2.05) is 0 Å². The van der Waals surface area contributed by atoms with Crippen LogP contribution in [0.5, 0.6) is 0 Å². The summed E-state index contributed by atoms with van der Waals surface area (Å²) in [6.45, 7) is 1.34. The fourth-order valence-electron chi connectivity index (χ4n) is 2.16. The molecule has 0 saturated carbocycles. The number of esters is 1. The number of halogens is 2. The van der Waals surface area contributed by atoms with E-state index in [1.165, 1.54) is 19.1 Å². The second-order valence-corrected chi connectivity index (χ2v) is 8.42. The van der Waals surface area contributed by atoms with E-state index in [4.69, 9.17) is 4.74 Å². The van der Waals surface area contributed by atoms with E-state index in [1.54, 1.807) is 0 Å². The normalized spacial score (nSPS) is 20.7. The number of amides is 1. The SMILES string of the molecule is C[C@H](OC(=O)c1ccc(Br)cc1F)C(=O)N[C@H]1CCS(=O)(=O)C1. The molecule has 23 heavy (non-hydrogen) atoms. The van der Waals surface area contributed by atoms with Gasteiger partial charge in [-0.05, 0) is 31.5 Å². The van der Waals surface area contributed by atoms with Crippen LogP contribution in [-0.4, -0.2) is 43.9 Å². The van der Waals surface area contributed by atoms with Crippen molar-refractivity contribution < 1.29 is 27.1 Å². The smallest absolute Gasteiger partial charge is 0.341 e. The number of benzene rings is 1. The van der Waals surface area contributed by atoms with Crippen LogP contribution in [0.25, 0.3) is 0 Å². The first kappa shape index (κ1) is 17.9. The van der Waals surface area contributed by atoms with Gasteiger partial charge in [0.25, 0.3) is 5.91 Å². The standard InChI is InChI=1S/C14H15BrFNO5S/c1-8(13(18)17-10-4-5-23(20,21)7-10)22-14(19)11-3-2-9(15)6-12(11)16/h2-3,6,8,10H,4-5,7H2,1H3,(H,17,18)/t8-,10-/m0/s1. The maximum absolute atomic E-state index is 13.7. The zero-order valence-corrected chi connectivity index (χ0v) is 14.6. The summed E-state index contributed by atoms with van der Waals surface area (Å²) in [5.41, 5.74) is -0.281. The van der Waals surface area contributed by atoms with Crippen molar-refractivity contribution in [2.75, 3.05) is 11.5 Å². The minimum Gasteiger partial charge on any atom is -0.449 e. The van der Waals surface area contributed by atoms with Gasteiger partial charge in [0.1, 0.15) is 5.82 Å². The van der Waals surface area contributed by atoms with E-state index in [-0.39, 0.29) is 17.1 Å². The Morgan fingerprint density at radius 1 is 1.43 bits per heavy atom. The van der Waals surface area contributed by atoms with Crippen LogP contribution in [0.3, 0.4) is 0 Å². The summed E-state index contributed by atoms with van der Waals surface area (Å²) in [5, 5.41) is 2.52. The molecule has 0 aliphatic carbocycles. The molecular formula is C14H15BrFNO5S. The quantitative estimate of drug-likeness (QED) is 0.762. The predicted octanol–water partition coefficient (Wildman–Crippen LogP) is 1.44. The molecule has 1 fully saturated rings. The molecular weight excluding hydrogens is 393 g/mol. The highest BCUT2D eigenvalue weighted by molar-refractivity contribution is 9.10. The molecule has 0 spiro atoms. The minimum atomic E-state index is -3.12. The average molecular weight is 408 g/mol. The summed E-state index contributed by atoms with van der Waals surface area (Å²) in [5.74, 6) is -2.44. The van der Waals surface area contributed by atoms with Gasteiger partial charge in [0.2, 0.25) is 0 Å². The molecule has 2 atom stereocenters. The Labute approximate surface area is 141 Å². The van der Waals surface area contributed by atoms with E-state index in [9.17, 15) is 22.4 Å². The van der Waals surface area contributed by atoms with Gasteiger partial charge in [0, 0.05) is 10.5 Å². The number of ether oxygens (including phenoxy) is 1. The van der Waals surface area contributed by atoms with Crippen LogP contribution in [0.1, 0.15) is 23.7 Å². The van der Waals surface area contributed by atoms with Crippen LogP contribution in [0.4, 0.5) is 4.39 Å². The fourth-order valence-corrected chi connectivity index (χ4v) is 4.17. The molecule has 0 radical (unpaired) electrons. The van der Waals surface area contributed by atoms with Crippen molar-refractivity contribution in [3.8, 4) is 0 Å². The molecule has 1 amide bonds. The second kappa shape index (κ2) is 6.96. The molecule has 1 aliphatic heterocycles. The van der Waals surface area contributed by atoms with E-state index in [0.717, 1.165) is 6.07 Å². The maximum atomic E-state index is 13.7. The van der Waals surface area contributed by atoms with Crippen molar-refractivity contribution in [2.45, 2.75) is 25.5 Å². The Morgan fingerprint density at radius 2 is 2.13 bits per heavy atom. The molecule has 0 unspecified atom stereocenters. The third kappa shape index (κ3) is 4.74. The summed E-state index contributed by atoms with van der Waals surface area (Å²) >= 11 is 3.07. The van der Waals surface area contributed by atoms with E-state index < -0.39 is 39.7 Å². The summed E-state index contributed by atoms with van der Waals surface area (Å²) in [7, 11) is -3.12. The Balaban J connectivity index is 1.94. The first-order valence-corrected chi connectivity index (χ1v) is 9.46. The lowest BCUT2D eigenvalue weighted by Crippen LogP contribution is -2.42. The number of carbonyl (C=O) groups is 2. The van der Waals surface area contributed by atoms with Gasteiger partial charge in [-0.15, -0.1) is 0 Å². The third-order valence-corrected chi connectivity index (χ3v) is 5.64. The van der Waals surface area contributed by atoms with Crippen molar-refractivity contribution in [1.29, 1.82) is 0 Å². The average Bonchev–Trinajstić information content (AvgIpc) is 2.77. The van der Waals surface area contributed by atoms with Crippen LogP contribution in [-0.2, 0) is 19.4 Å². The van der Waals surface area contributed by atoms with Crippen LogP contribution >= 0.6 is 15.9 Å². The van der Waals surface area contributed by atoms with Crippen LogP contribution in [0.2, 0.25) is 0 Å². The van der Waals surface area contributed by atoms with Gasteiger partial charge in [0.15, 0.2) is 15.9 Å². The lowest BCUT2D eigenvalue weighted by Gasteiger charge is -2.16. The molecule has 1 aromatic rings. The highest BCUT2D eigenvalue weighted by atomic mass is 79.9. The molecule has 9 heteroatoms. The predicted molar refractivity (Wildman–Crippen MR) is 84.2 cm³/mol. The van der Waals surface area contributed by atoms with Crippen molar-refractivity contribution in [1.82, 2.24) is 5.32 Å². The molecule has 1 saturated heterocycles. The van der Waals surface area contributed by atoms with E-state index in [2.05, 4.69) is 21.2 Å².